The van der Waals surface area contributed by atoms with Crippen LogP contribution in [0.15, 0.2) is 33.7 Å². The van der Waals surface area contributed by atoms with Gasteiger partial charge < -0.3 is 20.1 Å². The minimum atomic E-state index is -0.173. The van der Waals surface area contributed by atoms with Gasteiger partial charge in [0.15, 0.2) is 5.96 Å². The van der Waals surface area contributed by atoms with Gasteiger partial charge in [-0.2, -0.15) is 0 Å². The lowest BCUT2D eigenvalue weighted by Crippen LogP contribution is -2.47. The number of piperidine rings is 1. The fourth-order valence-electron chi connectivity index (χ4n) is 2.53. The van der Waals surface area contributed by atoms with Crippen LogP contribution in [0.2, 0.25) is 0 Å². The monoisotopic (exact) mass is 511 g/mol. The normalized spacial score (nSPS) is 17.2. The van der Waals surface area contributed by atoms with Gasteiger partial charge in [-0.3, -0.25) is 0 Å². The van der Waals surface area contributed by atoms with E-state index in [1.807, 2.05) is 31.2 Å². The largest absolute Gasteiger partial charge is 0.489 e. The Morgan fingerprint density at radius 2 is 2.17 bits per heavy atom. The number of likely N-dealkylation sites (tertiary alicyclic amines) is 1. The molecule has 1 unspecified atom stereocenters. The summed E-state index contributed by atoms with van der Waals surface area (Å²) in [4.78, 5) is 6.90. The molecule has 0 aromatic heterocycles. The molecule has 1 aliphatic rings. The van der Waals surface area contributed by atoms with Gasteiger partial charge in [0.25, 0.3) is 0 Å². The molecule has 24 heavy (non-hydrogen) atoms. The van der Waals surface area contributed by atoms with Gasteiger partial charge in [-0.1, -0.05) is 22.0 Å². The molecule has 1 fully saturated rings. The summed E-state index contributed by atoms with van der Waals surface area (Å²) in [5.41, 5.74) is 0. The summed E-state index contributed by atoms with van der Waals surface area (Å²) < 4.78 is 6.91. The molecule has 2 N–H and O–H groups in total. The summed E-state index contributed by atoms with van der Waals surface area (Å²) in [6.45, 7) is 7.19. The van der Waals surface area contributed by atoms with Crippen molar-refractivity contribution in [3.8, 4) is 5.75 Å². The van der Waals surface area contributed by atoms with E-state index in [1.54, 1.807) is 0 Å². The number of benzene rings is 1. The Balaban J connectivity index is 0.00000288. The quantitative estimate of drug-likeness (QED) is 0.362. The molecular formula is C17H27BrIN3O2. The molecule has 0 spiro atoms. The Kier molecular flexibility index (Phi) is 9.99. The summed E-state index contributed by atoms with van der Waals surface area (Å²) in [6.07, 6.45) is 1.42. The predicted octanol–water partition coefficient (Wildman–Crippen LogP) is 3.26. The van der Waals surface area contributed by atoms with Gasteiger partial charge in [-0.15, -0.1) is 24.0 Å². The molecule has 0 amide bonds. The average molecular weight is 512 g/mol. The molecule has 1 aliphatic heterocycles. The molecule has 1 heterocycles. The van der Waals surface area contributed by atoms with E-state index in [1.165, 1.54) is 0 Å². The maximum absolute atomic E-state index is 9.63. The van der Waals surface area contributed by atoms with Crippen LogP contribution >= 0.6 is 39.9 Å². The number of ether oxygens (including phenoxy) is 1. The minimum Gasteiger partial charge on any atom is -0.489 e. The zero-order valence-corrected chi connectivity index (χ0v) is 18.2. The SMILES string of the molecule is CCNC(=NCC(C)Oc1cccc(Br)c1)N1CCC(O)CC1.I. The molecule has 5 nitrogen and oxygen atoms in total. The van der Waals surface area contributed by atoms with Crippen molar-refractivity contribution in [3.05, 3.63) is 28.7 Å². The fourth-order valence-corrected chi connectivity index (χ4v) is 2.91. The molecule has 0 saturated carbocycles. The van der Waals surface area contributed by atoms with Crippen molar-refractivity contribution in [1.82, 2.24) is 10.2 Å². The maximum Gasteiger partial charge on any atom is 0.194 e. The smallest absolute Gasteiger partial charge is 0.194 e. The zero-order chi connectivity index (χ0) is 16.7. The summed E-state index contributed by atoms with van der Waals surface area (Å²) in [5.74, 6) is 1.75. The Morgan fingerprint density at radius 3 is 2.79 bits per heavy atom. The number of nitrogens with one attached hydrogen (secondary N) is 1. The van der Waals surface area contributed by atoms with Crippen LogP contribution < -0.4 is 10.1 Å². The second-order valence-corrected chi connectivity index (χ2v) is 6.71. The van der Waals surface area contributed by atoms with Crippen LogP contribution in [0.4, 0.5) is 0 Å². The van der Waals surface area contributed by atoms with E-state index in [2.05, 4.69) is 33.1 Å². The van der Waals surface area contributed by atoms with Gasteiger partial charge in [0.05, 0.1) is 12.6 Å². The second kappa shape index (κ2) is 11.1. The maximum atomic E-state index is 9.63. The highest BCUT2D eigenvalue weighted by atomic mass is 127. The molecule has 136 valence electrons. The van der Waals surface area contributed by atoms with Crippen molar-refractivity contribution in [1.29, 1.82) is 0 Å². The van der Waals surface area contributed by atoms with Crippen molar-refractivity contribution in [2.45, 2.75) is 38.9 Å². The summed E-state index contributed by atoms with van der Waals surface area (Å²) in [7, 11) is 0. The van der Waals surface area contributed by atoms with E-state index in [-0.39, 0.29) is 36.2 Å². The molecule has 2 rings (SSSR count). The number of nitrogens with zero attached hydrogens (tertiary/aromatic N) is 2. The molecule has 1 saturated heterocycles. The third-order valence-electron chi connectivity index (χ3n) is 3.73. The number of aliphatic hydroxyl groups is 1. The van der Waals surface area contributed by atoms with E-state index in [0.29, 0.717) is 6.54 Å². The summed E-state index contributed by atoms with van der Waals surface area (Å²) in [6, 6.07) is 7.84. The topological polar surface area (TPSA) is 57.1 Å². The molecular weight excluding hydrogens is 485 g/mol. The number of hydrogen-bond donors (Lipinski definition) is 2. The highest BCUT2D eigenvalue weighted by molar-refractivity contribution is 14.0. The van der Waals surface area contributed by atoms with Crippen LogP contribution in [0.3, 0.4) is 0 Å². The third-order valence-corrected chi connectivity index (χ3v) is 4.22. The van der Waals surface area contributed by atoms with Crippen LogP contribution in [0.25, 0.3) is 0 Å². The first-order valence-electron chi connectivity index (χ1n) is 8.22. The lowest BCUT2D eigenvalue weighted by molar-refractivity contribution is 0.107. The highest BCUT2D eigenvalue weighted by Crippen LogP contribution is 2.19. The average Bonchev–Trinajstić information content (AvgIpc) is 2.52. The Morgan fingerprint density at radius 1 is 1.46 bits per heavy atom. The van der Waals surface area contributed by atoms with Crippen LogP contribution in [0.5, 0.6) is 5.75 Å². The van der Waals surface area contributed by atoms with E-state index in [0.717, 1.165) is 48.7 Å². The Bertz CT molecular complexity index is 522. The predicted molar refractivity (Wildman–Crippen MR) is 112 cm³/mol. The minimum absolute atomic E-state index is 0. The lowest BCUT2D eigenvalue weighted by Gasteiger charge is -2.32. The molecule has 7 heteroatoms. The van der Waals surface area contributed by atoms with E-state index in [4.69, 9.17) is 9.73 Å². The second-order valence-electron chi connectivity index (χ2n) is 5.80. The van der Waals surface area contributed by atoms with Crippen LogP contribution in [-0.2, 0) is 0 Å². The van der Waals surface area contributed by atoms with Gasteiger partial charge in [-0.25, -0.2) is 4.99 Å². The number of halogens is 2. The lowest BCUT2D eigenvalue weighted by atomic mass is 10.1. The van der Waals surface area contributed by atoms with E-state index < -0.39 is 0 Å². The molecule has 0 bridgehead atoms. The first-order chi connectivity index (χ1) is 11.1. The van der Waals surface area contributed by atoms with Gasteiger partial charge in [0.2, 0.25) is 0 Å². The standard InChI is InChI=1S/C17H26BrN3O2.HI/c1-3-19-17(21-9-7-15(22)8-10-21)20-12-13(2)23-16-6-4-5-14(18)11-16;/h4-6,11,13,15,22H,3,7-10,12H2,1-2H3,(H,19,20);1H. The molecule has 1 atom stereocenters. The number of hydrogen-bond acceptors (Lipinski definition) is 3. The number of guanidine groups is 1. The van der Waals surface area contributed by atoms with Crippen LogP contribution in [0, 0.1) is 0 Å². The number of aliphatic hydroxyl groups excluding tert-OH is 1. The number of rotatable bonds is 5. The van der Waals surface area contributed by atoms with Crippen LogP contribution in [0.1, 0.15) is 26.7 Å². The number of aliphatic imine (C=N–C) groups is 1. The molecule has 0 aliphatic carbocycles. The highest BCUT2D eigenvalue weighted by Gasteiger charge is 2.19. The zero-order valence-electron chi connectivity index (χ0n) is 14.2. The first-order valence-corrected chi connectivity index (χ1v) is 9.01. The van der Waals surface area contributed by atoms with Gasteiger partial charge in [0, 0.05) is 24.1 Å². The van der Waals surface area contributed by atoms with Crippen molar-refractivity contribution < 1.29 is 9.84 Å². The summed E-state index contributed by atoms with van der Waals surface area (Å²) >= 11 is 3.45. The van der Waals surface area contributed by atoms with E-state index in [9.17, 15) is 5.11 Å². The van der Waals surface area contributed by atoms with Crippen LogP contribution in [-0.4, -0.2) is 54.4 Å². The van der Waals surface area contributed by atoms with Crippen molar-refractivity contribution in [3.63, 3.8) is 0 Å². The molecule has 0 radical (unpaired) electrons. The Hall–Kier alpha value is -0.540. The Labute approximate surface area is 170 Å². The van der Waals surface area contributed by atoms with Crippen molar-refractivity contribution >= 4 is 45.9 Å². The van der Waals surface area contributed by atoms with E-state index >= 15 is 0 Å². The molecule has 1 aromatic carbocycles. The van der Waals surface area contributed by atoms with Gasteiger partial charge in [-0.05, 0) is 44.9 Å². The van der Waals surface area contributed by atoms with Crippen molar-refractivity contribution in [2.75, 3.05) is 26.2 Å². The fraction of sp³-hybridized carbons (Fsp3) is 0.588. The van der Waals surface area contributed by atoms with Gasteiger partial charge >= 0.3 is 0 Å². The molecule has 1 aromatic rings. The van der Waals surface area contributed by atoms with Gasteiger partial charge in [0.1, 0.15) is 11.9 Å². The first kappa shape index (κ1) is 21.5. The summed E-state index contributed by atoms with van der Waals surface area (Å²) in [5, 5.41) is 13.0. The third kappa shape index (κ3) is 7.14. The van der Waals surface area contributed by atoms with Crippen molar-refractivity contribution in [2.24, 2.45) is 4.99 Å².